The van der Waals surface area contributed by atoms with Crippen molar-refractivity contribution in [3.05, 3.63) is 69.1 Å². The fourth-order valence-corrected chi connectivity index (χ4v) is 3.18. The van der Waals surface area contributed by atoms with Gasteiger partial charge in [-0.05, 0) is 47.1 Å². The number of hydrogen-bond acceptors (Lipinski definition) is 6. The van der Waals surface area contributed by atoms with Gasteiger partial charge in [0.25, 0.3) is 5.69 Å². The summed E-state index contributed by atoms with van der Waals surface area (Å²) in [4.78, 5) is 28.7. The van der Waals surface area contributed by atoms with Crippen LogP contribution in [0.1, 0.15) is 40.4 Å². The summed E-state index contributed by atoms with van der Waals surface area (Å²) < 4.78 is 11.8. The van der Waals surface area contributed by atoms with Crippen molar-refractivity contribution in [3.8, 4) is 5.75 Å². The molecule has 0 unspecified atom stereocenters. The summed E-state index contributed by atoms with van der Waals surface area (Å²) in [5.41, 5.74) is 0.845. The summed E-state index contributed by atoms with van der Waals surface area (Å²) >= 11 is 3.29. The molecule has 28 heavy (non-hydrogen) atoms. The van der Waals surface area contributed by atoms with Crippen LogP contribution < -0.4 is 9.47 Å². The second kappa shape index (κ2) is 8.35. The van der Waals surface area contributed by atoms with Crippen LogP contribution in [0.4, 0.5) is 0 Å². The second-order valence-corrected chi connectivity index (χ2v) is 6.75. The Morgan fingerprint density at radius 2 is 1.96 bits per heavy atom. The fraction of sp³-hybridized carbons (Fsp3) is 0.200. The molecule has 3 rings (SSSR count). The highest BCUT2D eigenvalue weighted by molar-refractivity contribution is 9.10. The molecule has 3 aromatic rings. The van der Waals surface area contributed by atoms with Crippen molar-refractivity contribution in [2.24, 2.45) is 0 Å². The average molecular weight is 445 g/mol. The molecule has 1 heterocycles. The van der Waals surface area contributed by atoms with Gasteiger partial charge in [-0.3, -0.25) is 4.79 Å². The van der Waals surface area contributed by atoms with E-state index in [-0.39, 0.29) is 23.5 Å². The Labute approximate surface area is 169 Å². The lowest BCUT2D eigenvalue weighted by atomic mass is 10.2. The molecule has 7 nitrogen and oxygen atoms in total. The third kappa shape index (κ3) is 3.96. The zero-order chi connectivity index (χ0) is 20.3. The molecular weight excluding hydrogens is 428 g/mol. The van der Waals surface area contributed by atoms with Gasteiger partial charge in [0, 0.05) is 11.4 Å². The van der Waals surface area contributed by atoms with Gasteiger partial charge in [-0.15, -0.1) is 0 Å². The normalized spacial score (nSPS) is 10.7. The van der Waals surface area contributed by atoms with E-state index in [1.807, 2.05) is 6.92 Å². The van der Waals surface area contributed by atoms with Gasteiger partial charge >= 0.3 is 5.97 Å². The predicted molar refractivity (Wildman–Crippen MR) is 105 cm³/mol. The van der Waals surface area contributed by atoms with Crippen LogP contribution in [0.15, 0.2) is 46.9 Å². The highest BCUT2D eigenvalue weighted by atomic mass is 79.9. The van der Waals surface area contributed by atoms with Crippen molar-refractivity contribution in [2.45, 2.75) is 20.5 Å². The lowest BCUT2D eigenvalue weighted by Gasteiger charge is -2.12. The van der Waals surface area contributed by atoms with E-state index in [4.69, 9.17) is 9.47 Å². The number of carbonyl (C=O) groups is 2. The Morgan fingerprint density at radius 1 is 1.21 bits per heavy atom. The molecule has 0 bridgehead atoms. The number of ether oxygens (including phenoxy) is 2. The van der Waals surface area contributed by atoms with E-state index >= 15 is 0 Å². The van der Waals surface area contributed by atoms with Gasteiger partial charge in [-0.2, -0.15) is 4.73 Å². The number of Topliss-reactive ketones (excluding diaryl/α,β-unsaturated/α-hetero) is 1. The molecule has 0 saturated carbocycles. The van der Waals surface area contributed by atoms with Gasteiger partial charge in [0.05, 0.1) is 18.2 Å². The van der Waals surface area contributed by atoms with Gasteiger partial charge in [-0.25, -0.2) is 9.78 Å². The number of rotatable bonds is 6. The average Bonchev–Trinajstić information content (AvgIpc) is 2.67. The predicted octanol–water partition coefficient (Wildman–Crippen LogP) is 3.59. The summed E-state index contributed by atoms with van der Waals surface area (Å²) in [6, 6.07) is 11.6. The number of fused-ring (bicyclic) bond motifs is 1. The Bertz CT molecular complexity index is 1070. The van der Waals surface area contributed by atoms with E-state index in [0.29, 0.717) is 32.6 Å². The molecule has 0 saturated heterocycles. The van der Waals surface area contributed by atoms with Crippen molar-refractivity contribution in [1.29, 1.82) is 0 Å². The van der Waals surface area contributed by atoms with Crippen LogP contribution in [0.25, 0.3) is 11.0 Å². The monoisotopic (exact) mass is 444 g/mol. The SMILES string of the molecule is CCOc1ccc2nc(COC(=O)c3ccccc3Br)c(C(C)=O)[n+]([O-])c2c1. The van der Waals surface area contributed by atoms with E-state index in [0.717, 1.165) is 0 Å². The highest BCUT2D eigenvalue weighted by Gasteiger charge is 2.25. The summed E-state index contributed by atoms with van der Waals surface area (Å²) in [5, 5.41) is 12.8. The molecular formula is C20H17BrN2O5. The maximum absolute atomic E-state index is 12.8. The standard InChI is InChI=1S/C20H17BrN2O5/c1-3-27-13-8-9-16-18(10-13)23(26)19(12(2)24)17(22-16)11-28-20(25)14-6-4-5-7-15(14)21/h4-10H,3,11H2,1-2H3. The second-order valence-electron chi connectivity index (χ2n) is 5.90. The molecule has 0 aliphatic carbocycles. The number of aromatic nitrogens is 2. The van der Waals surface area contributed by atoms with E-state index in [1.165, 1.54) is 13.0 Å². The van der Waals surface area contributed by atoms with Crippen LogP contribution in [0.3, 0.4) is 0 Å². The smallest absolute Gasteiger partial charge is 0.339 e. The van der Waals surface area contributed by atoms with Gasteiger partial charge < -0.3 is 14.7 Å². The summed E-state index contributed by atoms with van der Waals surface area (Å²) in [7, 11) is 0. The van der Waals surface area contributed by atoms with Crippen LogP contribution in [0, 0.1) is 5.21 Å². The number of benzene rings is 2. The van der Waals surface area contributed by atoms with Crippen LogP contribution >= 0.6 is 15.9 Å². The molecule has 0 aliphatic heterocycles. The van der Waals surface area contributed by atoms with Crippen molar-refractivity contribution >= 4 is 38.7 Å². The number of hydrogen-bond donors (Lipinski definition) is 0. The van der Waals surface area contributed by atoms with E-state index in [1.54, 1.807) is 36.4 Å². The molecule has 0 N–H and O–H groups in total. The van der Waals surface area contributed by atoms with E-state index < -0.39 is 11.8 Å². The first-order chi connectivity index (χ1) is 13.4. The number of halogens is 1. The minimum absolute atomic E-state index is 0.0968. The molecule has 2 aromatic carbocycles. The summed E-state index contributed by atoms with van der Waals surface area (Å²) in [6.07, 6.45) is 0. The van der Waals surface area contributed by atoms with E-state index in [9.17, 15) is 14.8 Å². The number of carbonyl (C=O) groups excluding carboxylic acids is 2. The first kappa shape index (κ1) is 19.8. The molecule has 0 atom stereocenters. The molecule has 144 valence electrons. The third-order valence-corrected chi connectivity index (χ3v) is 4.67. The molecule has 0 aliphatic rings. The quantitative estimate of drug-likeness (QED) is 0.249. The largest absolute Gasteiger partial charge is 0.618 e. The Hall–Kier alpha value is -3.00. The Kier molecular flexibility index (Phi) is 5.89. The maximum atomic E-state index is 12.8. The molecule has 8 heteroatoms. The fourth-order valence-electron chi connectivity index (χ4n) is 2.74. The van der Waals surface area contributed by atoms with Crippen LogP contribution in [0.2, 0.25) is 0 Å². The number of esters is 1. The molecule has 0 amide bonds. The van der Waals surface area contributed by atoms with Crippen LogP contribution in [0.5, 0.6) is 5.75 Å². The molecule has 0 fully saturated rings. The molecule has 0 spiro atoms. The zero-order valence-corrected chi connectivity index (χ0v) is 16.9. The lowest BCUT2D eigenvalue weighted by molar-refractivity contribution is -0.580. The van der Waals surface area contributed by atoms with Gasteiger partial charge in [0.15, 0.2) is 5.69 Å². The van der Waals surface area contributed by atoms with Crippen LogP contribution in [-0.2, 0) is 11.3 Å². The highest BCUT2D eigenvalue weighted by Crippen LogP contribution is 2.21. The van der Waals surface area contributed by atoms with Gasteiger partial charge in [-0.1, -0.05) is 12.1 Å². The Morgan fingerprint density at radius 3 is 2.64 bits per heavy atom. The van der Waals surface area contributed by atoms with E-state index in [2.05, 4.69) is 20.9 Å². The zero-order valence-electron chi connectivity index (χ0n) is 15.3. The van der Waals surface area contributed by atoms with Crippen molar-refractivity contribution in [1.82, 2.24) is 4.98 Å². The lowest BCUT2D eigenvalue weighted by Crippen LogP contribution is -2.37. The summed E-state index contributed by atoms with van der Waals surface area (Å²) in [5.74, 6) is -0.560. The minimum atomic E-state index is -0.590. The Balaban J connectivity index is 1.97. The number of ketones is 1. The molecule has 1 aromatic heterocycles. The van der Waals surface area contributed by atoms with Crippen molar-refractivity contribution in [3.63, 3.8) is 0 Å². The topological polar surface area (TPSA) is 92.4 Å². The van der Waals surface area contributed by atoms with Gasteiger partial charge in [0.2, 0.25) is 11.3 Å². The first-order valence-electron chi connectivity index (χ1n) is 8.54. The molecule has 0 radical (unpaired) electrons. The van der Waals surface area contributed by atoms with Crippen molar-refractivity contribution < 1.29 is 23.8 Å². The third-order valence-electron chi connectivity index (χ3n) is 3.98. The minimum Gasteiger partial charge on any atom is -0.618 e. The maximum Gasteiger partial charge on any atom is 0.339 e. The van der Waals surface area contributed by atoms with Gasteiger partial charge in [0.1, 0.15) is 17.9 Å². The van der Waals surface area contributed by atoms with Crippen LogP contribution in [-0.4, -0.2) is 23.3 Å². The van der Waals surface area contributed by atoms with Crippen molar-refractivity contribution in [2.75, 3.05) is 6.61 Å². The number of nitrogens with zero attached hydrogens (tertiary/aromatic N) is 2. The first-order valence-corrected chi connectivity index (χ1v) is 9.33. The summed E-state index contributed by atoms with van der Waals surface area (Å²) in [6.45, 7) is 3.24.